The lowest BCUT2D eigenvalue weighted by Crippen LogP contribution is -1.78. The molecule has 0 saturated heterocycles. The van der Waals surface area contributed by atoms with Crippen molar-refractivity contribution >= 4 is 33.9 Å². The molecule has 0 aliphatic carbocycles. The Morgan fingerprint density at radius 1 is 1.06 bits per heavy atom. The molecule has 18 heavy (non-hydrogen) atoms. The number of benzene rings is 1. The van der Waals surface area contributed by atoms with Crippen LogP contribution in [0.2, 0.25) is 0 Å². The van der Waals surface area contributed by atoms with Crippen molar-refractivity contribution in [1.82, 2.24) is 0 Å². The molecule has 88 valence electrons. The van der Waals surface area contributed by atoms with Gasteiger partial charge in [-0.3, -0.25) is 0 Å². The van der Waals surface area contributed by atoms with Crippen molar-refractivity contribution in [3.63, 3.8) is 0 Å². The topological polar surface area (TPSA) is 23.8 Å². The molecular weight excluding hydrogens is 353 g/mol. The first kappa shape index (κ1) is 13.1. The standard InChI is InChI=1S/C15H10INS/c1-10-14(18-11(2)15(10)16)8-7-12-3-5-13(9-17)6-4-12/h3-6H,1-2H3. The smallest absolute Gasteiger partial charge is 0.0991 e. The van der Waals surface area contributed by atoms with Gasteiger partial charge in [0.15, 0.2) is 0 Å². The van der Waals surface area contributed by atoms with Crippen LogP contribution in [-0.4, -0.2) is 0 Å². The summed E-state index contributed by atoms with van der Waals surface area (Å²) in [5, 5.41) is 8.72. The van der Waals surface area contributed by atoms with Crippen molar-refractivity contribution in [3.8, 4) is 17.9 Å². The monoisotopic (exact) mass is 363 g/mol. The maximum atomic E-state index is 8.72. The van der Waals surface area contributed by atoms with Crippen LogP contribution in [0, 0.1) is 40.6 Å². The van der Waals surface area contributed by atoms with Crippen LogP contribution in [0.5, 0.6) is 0 Å². The lowest BCUT2D eigenvalue weighted by molar-refractivity contribution is 1.44. The van der Waals surface area contributed by atoms with E-state index in [-0.39, 0.29) is 0 Å². The maximum absolute atomic E-state index is 8.72. The van der Waals surface area contributed by atoms with E-state index in [1.165, 1.54) is 14.0 Å². The van der Waals surface area contributed by atoms with Gasteiger partial charge in [-0.05, 0) is 66.3 Å². The fourth-order valence-corrected chi connectivity index (χ4v) is 3.20. The second-order valence-corrected chi connectivity index (χ2v) is 6.17. The van der Waals surface area contributed by atoms with Gasteiger partial charge in [-0.25, -0.2) is 0 Å². The highest BCUT2D eigenvalue weighted by Crippen LogP contribution is 2.27. The van der Waals surface area contributed by atoms with Gasteiger partial charge >= 0.3 is 0 Å². The zero-order valence-electron chi connectivity index (χ0n) is 10.0. The minimum Gasteiger partial charge on any atom is -0.192 e. The molecule has 2 aromatic rings. The molecule has 0 unspecified atom stereocenters. The highest BCUT2D eigenvalue weighted by atomic mass is 127. The van der Waals surface area contributed by atoms with Gasteiger partial charge in [-0.1, -0.05) is 11.8 Å². The summed E-state index contributed by atoms with van der Waals surface area (Å²) in [4.78, 5) is 2.44. The Morgan fingerprint density at radius 3 is 2.17 bits per heavy atom. The normalized spacial score (nSPS) is 9.44. The van der Waals surface area contributed by atoms with Gasteiger partial charge < -0.3 is 0 Å². The third-order valence-electron chi connectivity index (χ3n) is 2.57. The fourth-order valence-electron chi connectivity index (χ4n) is 1.51. The highest BCUT2D eigenvalue weighted by Gasteiger charge is 2.06. The Kier molecular flexibility index (Phi) is 4.06. The molecular formula is C15H10INS. The number of halogens is 1. The second kappa shape index (κ2) is 5.56. The Balaban J connectivity index is 2.31. The van der Waals surface area contributed by atoms with Crippen LogP contribution in [0.4, 0.5) is 0 Å². The fraction of sp³-hybridized carbons (Fsp3) is 0.133. The third-order valence-corrected chi connectivity index (χ3v) is 5.68. The Labute approximate surface area is 125 Å². The third kappa shape index (κ3) is 2.75. The summed E-state index contributed by atoms with van der Waals surface area (Å²) < 4.78 is 1.31. The average Bonchev–Trinajstić information content (AvgIpc) is 2.64. The molecule has 1 nitrogen and oxygen atoms in total. The van der Waals surface area contributed by atoms with Crippen LogP contribution in [0.15, 0.2) is 24.3 Å². The maximum Gasteiger partial charge on any atom is 0.0991 e. The van der Waals surface area contributed by atoms with E-state index < -0.39 is 0 Å². The number of nitriles is 1. The number of nitrogens with zero attached hydrogens (tertiary/aromatic N) is 1. The van der Waals surface area contributed by atoms with Crippen LogP contribution in [-0.2, 0) is 0 Å². The van der Waals surface area contributed by atoms with Crippen molar-refractivity contribution in [2.75, 3.05) is 0 Å². The van der Waals surface area contributed by atoms with E-state index in [1.807, 2.05) is 12.1 Å². The van der Waals surface area contributed by atoms with Crippen molar-refractivity contribution < 1.29 is 0 Å². The summed E-state index contributed by atoms with van der Waals surface area (Å²) in [5.41, 5.74) is 2.87. The van der Waals surface area contributed by atoms with E-state index in [2.05, 4.69) is 54.3 Å². The van der Waals surface area contributed by atoms with E-state index in [0.717, 1.165) is 10.4 Å². The SMILES string of the molecule is Cc1sc(C#Cc2ccc(C#N)cc2)c(C)c1I. The number of rotatable bonds is 0. The lowest BCUT2D eigenvalue weighted by Gasteiger charge is -1.90. The van der Waals surface area contributed by atoms with Crippen LogP contribution in [0.25, 0.3) is 0 Å². The summed E-state index contributed by atoms with van der Waals surface area (Å²) in [7, 11) is 0. The molecule has 3 heteroatoms. The summed E-state index contributed by atoms with van der Waals surface area (Å²) in [6, 6.07) is 9.45. The first-order chi connectivity index (χ1) is 8.61. The molecule has 2 rings (SSSR count). The molecule has 0 atom stereocenters. The van der Waals surface area contributed by atoms with Gasteiger partial charge in [0.2, 0.25) is 0 Å². The number of hydrogen-bond acceptors (Lipinski definition) is 2. The van der Waals surface area contributed by atoms with Gasteiger partial charge in [0, 0.05) is 14.0 Å². The quantitative estimate of drug-likeness (QED) is 0.507. The number of aryl methyl sites for hydroxylation is 1. The first-order valence-electron chi connectivity index (χ1n) is 5.39. The van der Waals surface area contributed by atoms with Gasteiger partial charge in [-0.15, -0.1) is 11.3 Å². The first-order valence-corrected chi connectivity index (χ1v) is 7.29. The minimum atomic E-state index is 0.665. The zero-order chi connectivity index (χ0) is 13.1. The Morgan fingerprint density at radius 2 is 1.67 bits per heavy atom. The molecule has 1 heterocycles. The summed E-state index contributed by atoms with van der Waals surface area (Å²) in [6.45, 7) is 4.22. The largest absolute Gasteiger partial charge is 0.192 e. The van der Waals surface area contributed by atoms with Crippen LogP contribution < -0.4 is 0 Å². The van der Waals surface area contributed by atoms with Gasteiger partial charge in [0.25, 0.3) is 0 Å². The molecule has 0 amide bonds. The van der Waals surface area contributed by atoms with E-state index >= 15 is 0 Å². The number of thiophene rings is 1. The Hall–Kier alpha value is -1.30. The van der Waals surface area contributed by atoms with Crippen molar-refractivity contribution in [2.45, 2.75) is 13.8 Å². The summed E-state index contributed by atoms with van der Waals surface area (Å²) in [6.07, 6.45) is 0. The molecule has 0 spiro atoms. The van der Waals surface area contributed by atoms with Gasteiger partial charge in [-0.2, -0.15) is 5.26 Å². The molecule has 1 aromatic carbocycles. The predicted molar refractivity (Wildman–Crippen MR) is 83.6 cm³/mol. The summed E-state index contributed by atoms with van der Waals surface area (Å²) in [5.74, 6) is 6.35. The van der Waals surface area contributed by atoms with E-state index in [4.69, 9.17) is 5.26 Å². The van der Waals surface area contributed by atoms with Gasteiger partial charge in [0.1, 0.15) is 0 Å². The average molecular weight is 363 g/mol. The van der Waals surface area contributed by atoms with E-state index in [9.17, 15) is 0 Å². The van der Waals surface area contributed by atoms with Gasteiger partial charge in [0.05, 0.1) is 16.5 Å². The van der Waals surface area contributed by atoms with Crippen LogP contribution >= 0.6 is 33.9 Å². The van der Waals surface area contributed by atoms with Crippen LogP contribution in [0.3, 0.4) is 0 Å². The lowest BCUT2D eigenvalue weighted by atomic mass is 10.1. The minimum absolute atomic E-state index is 0.665. The van der Waals surface area contributed by atoms with Crippen molar-refractivity contribution in [1.29, 1.82) is 5.26 Å². The van der Waals surface area contributed by atoms with E-state index in [0.29, 0.717) is 5.56 Å². The zero-order valence-corrected chi connectivity index (χ0v) is 13.0. The van der Waals surface area contributed by atoms with Crippen LogP contribution in [0.1, 0.15) is 26.4 Å². The molecule has 1 aromatic heterocycles. The van der Waals surface area contributed by atoms with Crippen molar-refractivity contribution in [3.05, 3.63) is 54.3 Å². The Bertz CT molecular complexity index is 678. The number of hydrogen-bond donors (Lipinski definition) is 0. The molecule has 0 saturated carbocycles. The molecule has 0 aliphatic heterocycles. The summed E-state index contributed by atoms with van der Waals surface area (Å²) >= 11 is 4.09. The molecule has 0 fully saturated rings. The molecule has 0 N–H and O–H groups in total. The highest BCUT2D eigenvalue weighted by molar-refractivity contribution is 14.1. The molecule has 0 bridgehead atoms. The predicted octanol–water partition coefficient (Wildman–Crippen LogP) is 4.24. The second-order valence-electron chi connectivity index (χ2n) is 3.87. The van der Waals surface area contributed by atoms with E-state index in [1.54, 1.807) is 23.5 Å². The molecule has 0 aliphatic rings. The van der Waals surface area contributed by atoms with Crippen molar-refractivity contribution in [2.24, 2.45) is 0 Å². The molecule has 0 radical (unpaired) electrons.